The summed E-state index contributed by atoms with van der Waals surface area (Å²) in [6.45, 7) is 3.53. The summed E-state index contributed by atoms with van der Waals surface area (Å²) in [7, 11) is -4.17. The van der Waals surface area contributed by atoms with Gasteiger partial charge < -0.3 is 0 Å². The highest BCUT2D eigenvalue weighted by molar-refractivity contribution is 7.92. The van der Waals surface area contributed by atoms with E-state index in [0.29, 0.717) is 17.3 Å². The Hall–Kier alpha value is -1.95. The van der Waals surface area contributed by atoms with E-state index in [9.17, 15) is 17.2 Å². The molecule has 0 radical (unpaired) electrons. The molecule has 2 rings (SSSR count). The SMILES string of the molecule is Cc1ccc(C)c(NS(=O)(=O)c2cc(F)ccc2F)c1. The smallest absolute Gasteiger partial charge is 0.264 e. The van der Waals surface area contributed by atoms with E-state index in [2.05, 4.69) is 4.72 Å². The van der Waals surface area contributed by atoms with Crippen LogP contribution in [0, 0.1) is 25.5 Å². The minimum absolute atomic E-state index is 0.341. The van der Waals surface area contributed by atoms with E-state index >= 15 is 0 Å². The van der Waals surface area contributed by atoms with Crippen molar-refractivity contribution in [3.63, 3.8) is 0 Å². The number of hydrogen-bond donors (Lipinski definition) is 1. The first kappa shape index (κ1) is 14.5. The van der Waals surface area contributed by atoms with Gasteiger partial charge in [0.15, 0.2) is 0 Å². The molecule has 0 atom stereocenters. The molecule has 20 heavy (non-hydrogen) atoms. The third-order valence-corrected chi connectivity index (χ3v) is 4.20. The van der Waals surface area contributed by atoms with Crippen LogP contribution in [-0.2, 0) is 10.0 Å². The first-order chi connectivity index (χ1) is 9.29. The van der Waals surface area contributed by atoms with E-state index in [1.165, 1.54) is 0 Å². The zero-order valence-corrected chi connectivity index (χ0v) is 11.8. The van der Waals surface area contributed by atoms with Crippen LogP contribution in [0.4, 0.5) is 14.5 Å². The highest BCUT2D eigenvalue weighted by Crippen LogP contribution is 2.23. The molecule has 2 aromatic rings. The van der Waals surface area contributed by atoms with Gasteiger partial charge in [0.1, 0.15) is 16.5 Å². The van der Waals surface area contributed by atoms with Crippen LogP contribution < -0.4 is 4.72 Å². The summed E-state index contributed by atoms with van der Waals surface area (Å²) in [6, 6.07) is 7.51. The topological polar surface area (TPSA) is 46.2 Å². The summed E-state index contributed by atoms with van der Waals surface area (Å²) < 4.78 is 53.2. The highest BCUT2D eigenvalue weighted by Gasteiger charge is 2.20. The van der Waals surface area contributed by atoms with E-state index in [0.717, 1.165) is 17.7 Å². The van der Waals surface area contributed by atoms with E-state index in [-0.39, 0.29) is 0 Å². The highest BCUT2D eigenvalue weighted by atomic mass is 32.2. The van der Waals surface area contributed by atoms with Gasteiger partial charge >= 0.3 is 0 Å². The van der Waals surface area contributed by atoms with Crippen molar-refractivity contribution >= 4 is 15.7 Å². The molecule has 0 fully saturated rings. The molecule has 0 unspecified atom stereocenters. The maximum Gasteiger partial charge on any atom is 0.264 e. The van der Waals surface area contributed by atoms with Gasteiger partial charge in [0, 0.05) is 0 Å². The second kappa shape index (κ2) is 5.20. The van der Waals surface area contributed by atoms with Crippen molar-refractivity contribution in [2.24, 2.45) is 0 Å². The van der Waals surface area contributed by atoms with Crippen molar-refractivity contribution in [2.75, 3.05) is 4.72 Å². The Bertz CT molecular complexity index is 758. The molecule has 106 valence electrons. The summed E-state index contributed by atoms with van der Waals surface area (Å²) in [5.41, 5.74) is 1.89. The molecule has 0 aliphatic rings. The van der Waals surface area contributed by atoms with Crippen molar-refractivity contribution in [1.82, 2.24) is 0 Å². The van der Waals surface area contributed by atoms with Crippen LogP contribution in [0.15, 0.2) is 41.3 Å². The molecule has 2 aromatic carbocycles. The Morgan fingerprint density at radius 2 is 1.70 bits per heavy atom. The van der Waals surface area contributed by atoms with Crippen molar-refractivity contribution in [3.8, 4) is 0 Å². The molecular formula is C14H13F2NO2S. The standard InChI is InChI=1S/C14H13F2NO2S/c1-9-3-4-10(2)13(7-9)17-20(18,19)14-8-11(15)5-6-12(14)16/h3-8,17H,1-2H3. The molecule has 0 heterocycles. The molecular weight excluding hydrogens is 284 g/mol. The Labute approximate surface area is 116 Å². The molecule has 3 nitrogen and oxygen atoms in total. The number of halogens is 2. The van der Waals surface area contributed by atoms with Gasteiger partial charge in [-0.1, -0.05) is 12.1 Å². The van der Waals surface area contributed by atoms with Crippen molar-refractivity contribution < 1.29 is 17.2 Å². The average Bonchev–Trinajstić information content (AvgIpc) is 2.36. The van der Waals surface area contributed by atoms with E-state index in [1.807, 2.05) is 6.07 Å². The van der Waals surface area contributed by atoms with E-state index < -0.39 is 26.6 Å². The lowest BCUT2D eigenvalue weighted by atomic mass is 10.1. The molecule has 0 aliphatic carbocycles. The van der Waals surface area contributed by atoms with Crippen LogP contribution in [0.25, 0.3) is 0 Å². The largest absolute Gasteiger partial charge is 0.279 e. The Morgan fingerprint density at radius 1 is 1.00 bits per heavy atom. The first-order valence-corrected chi connectivity index (χ1v) is 7.33. The molecule has 0 saturated heterocycles. The molecule has 0 aromatic heterocycles. The molecule has 0 amide bonds. The van der Waals surface area contributed by atoms with Gasteiger partial charge in [-0.15, -0.1) is 0 Å². The maximum atomic E-state index is 13.6. The van der Waals surface area contributed by atoms with Crippen LogP contribution in [-0.4, -0.2) is 8.42 Å². The zero-order valence-electron chi connectivity index (χ0n) is 10.9. The Morgan fingerprint density at radius 3 is 2.40 bits per heavy atom. The van der Waals surface area contributed by atoms with Crippen LogP contribution in [0.2, 0.25) is 0 Å². The van der Waals surface area contributed by atoms with Crippen LogP contribution in [0.3, 0.4) is 0 Å². The fraction of sp³-hybridized carbons (Fsp3) is 0.143. The number of sulfonamides is 1. The Kier molecular flexibility index (Phi) is 3.76. The predicted molar refractivity (Wildman–Crippen MR) is 73.1 cm³/mol. The van der Waals surface area contributed by atoms with Gasteiger partial charge in [-0.3, -0.25) is 4.72 Å². The lowest BCUT2D eigenvalue weighted by Gasteiger charge is -2.12. The quantitative estimate of drug-likeness (QED) is 0.944. The minimum Gasteiger partial charge on any atom is -0.279 e. The monoisotopic (exact) mass is 297 g/mol. The van der Waals surface area contributed by atoms with Gasteiger partial charge in [-0.2, -0.15) is 0 Å². The number of nitrogens with one attached hydrogen (secondary N) is 1. The number of benzene rings is 2. The predicted octanol–water partition coefficient (Wildman–Crippen LogP) is 3.38. The summed E-state index contributed by atoms with van der Waals surface area (Å²) in [4.78, 5) is -0.710. The maximum absolute atomic E-state index is 13.6. The number of anilines is 1. The van der Waals surface area contributed by atoms with E-state index in [1.54, 1.807) is 26.0 Å². The summed E-state index contributed by atoms with van der Waals surface area (Å²) >= 11 is 0. The summed E-state index contributed by atoms with van der Waals surface area (Å²) in [5, 5.41) is 0. The van der Waals surface area contributed by atoms with Gasteiger partial charge in [-0.05, 0) is 49.2 Å². The van der Waals surface area contributed by atoms with Gasteiger partial charge in [0.05, 0.1) is 5.69 Å². The fourth-order valence-electron chi connectivity index (χ4n) is 1.73. The van der Waals surface area contributed by atoms with Gasteiger partial charge in [0.2, 0.25) is 0 Å². The van der Waals surface area contributed by atoms with Crippen LogP contribution in [0.5, 0.6) is 0 Å². The fourth-order valence-corrected chi connectivity index (χ4v) is 2.94. The molecule has 0 saturated carbocycles. The summed E-state index contributed by atoms with van der Waals surface area (Å²) in [5.74, 6) is -1.81. The lowest BCUT2D eigenvalue weighted by Crippen LogP contribution is -2.15. The zero-order chi connectivity index (χ0) is 14.9. The number of rotatable bonds is 3. The van der Waals surface area contributed by atoms with Gasteiger partial charge in [-0.25, -0.2) is 17.2 Å². The van der Waals surface area contributed by atoms with E-state index in [4.69, 9.17) is 0 Å². The van der Waals surface area contributed by atoms with Crippen LogP contribution in [0.1, 0.15) is 11.1 Å². The minimum atomic E-state index is -4.17. The summed E-state index contributed by atoms with van der Waals surface area (Å²) in [6.07, 6.45) is 0. The second-order valence-corrected chi connectivity index (χ2v) is 6.15. The van der Waals surface area contributed by atoms with Crippen molar-refractivity contribution in [3.05, 3.63) is 59.2 Å². The average molecular weight is 297 g/mol. The Balaban J connectivity index is 2.46. The first-order valence-electron chi connectivity index (χ1n) is 5.85. The number of hydrogen-bond acceptors (Lipinski definition) is 2. The molecule has 0 spiro atoms. The van der Waals surface area contributed by atoms with Crippen molar-refractivity contribution in [1.29, 1.82) is 0 Å². The van der Waals surface area contributed by atoms with Crippen LogP contribution >= 0.6 is 0 Å². The van der Waals surface area contributed by atoms with Crippen molar-refractivity contribution in [2.45, 2.75) is 18.7 Å². The normalized spacial score (nSPS) is 11.4. The third kappa shape index (κ3) is 2.96. The molecule has 1 N–H and O–H groups in total. The van der Waals surface area contributed by atoms with Gasteiger partial charge in [0.25, 0.3) is 10.0 Å². The molecule has 0 bridgehead atoms. The lowest BCUT2D eigenvalue weighted by molar-refractivity contribution is 0.555. The molecule has 0 aliphatic heterocycles. The molecule has 6 heteroatoms. The second-order valence-electron chi connectivity index (χ2n) is 4.50. The third-order valence-electron chi connectivity index (χ3n) is 2.82. The number of aryl methyl sites for hydroxylation is 2.